The number of benzene rings is 2. The summed E-state index contributed by atoms with van der Waals surface area (Å²) < 4.78 is 20.7. The molecule has 0 unspecified atom stereocenters. The molecule has 1 N–H and O–H groups in total. The maximum Gasteiger partial charge on any atom is 0.301 e. The Labute approximate surface area is 204 Å². The summed E-state index contributed by atoms with van der Waals surface area (Å²) in [5, 5.41) is 11.4. The normalized spacial score (nSPS) is 20.7. The monoisotopic (exact) mass is 492 g/mol. The number of aliphatic hydroxyl groups excluding tert-OH is 1. The summed E-state index contributed by atoms with van der Waals surface area (Å²) in [5.41, 5.74) is 1.37. The van der Waals surface area contributed by atoms with Crippen molar-refractivity contribution in [2.45, 2.75) is 39.3 Å². The summed E-state index contributed by atoms with van der Waals surface area (Å²) in [5.74, 6) is -2.53. The first kappa shape index (κ1) is 22.9. The molecule has 1 amide bonds. The summed E-state index contributed by atoms with van der Waals surface area (Å²) >= 11 is 0.950. The molecule has 1 fully saturated rings. The van der Waals surface area contributed by atoms with E-state index in [0.29, 0.717) is 28.3 Å². The Balaban J connectivity index is 1.71. The Morgan fingerprint density at radius 3 is 2.66 bits per heavy atom. The number of ketones is 2. The topological polar surface area (TPSA) is 96.8 Å². The number of fused-ring (bicyclic) bond motifs is 1. The van der Waals surface area contributed by atoms with Gasteiger partial charge in [-0.05, 0) is 43.7 Å². The molecule has 35 heavy (non-hydrogen) atoms. The highest BCUT2D eigenvalue weighted by Crippen LogP contribution is 2.45. The van der Waals surface area contributed by atoms with Crippen molar-refractivity contribution in [3.63, 3.8) is 0 Å². The molecule has 2 aromatic carbocycles. The van der Waals surface area contributed by atoms with Crippen LogP contribution in [0.5, 0.6) is 5.75 Å². The molecule has 9 heteroatoms. The number of hydrogen-bond acceptors (Lipinski definition) is 7. The fraction of sp³-hybridized carbons (Fsp3) is 0.231. The van der Waals surface area contributed by atoms with Crippen molar-refractivity contribution in [2.24, 2.45) is 0 Å². The van der Waals surface area contributed by atoms with E-state index in [9.17, 15) is 19.5 Å². The molecule has 0 bridgehead atoms. The van der Waals surface area contributed by atoms with E-state index in [4.69, 9.17) is 4.74 Å². The number of Topliss-reactive ketones (excluding diaryl/α,β-unsaturated/α-hetero) is 2. The maximum atomic E-state index is 15.0. The average molecular weight is 493 g/mol. The molecule has 178 valence electrons. The van der Waals surface area contributed by atoms with Crippen LogP contribution in [-0.4, -0.2) is 33.7 Å². The molecular weight excluding hydrogens is 471 g/mol. The van der Waals surface area contributed by atoms with Crippen LogP contribution < -0.4 is 9.64 Å². The van der Waals surface area contributed by atoms with Gasteiger partial charge in [0, 0.05) is 24.5 Å². The van der Waals surface area contributed by atoms with E-state index < -0.39 is 29.3 Å². The van der Waals surface area contributed by atoms with Crippen molar-refractivity contribution < 1.29 is 28.6 Å². The Morgan fingerprint density at radius 2 is 1.97 bits per heavy atom. The van der Waals surface area contributed by atoms with E-state index in [0.717, 1.165) is 21.8 Å². The number of anilines is 1. The number of aromatic nitrogens is 1. The quantitative estimate of drug-likeness (QED) is 0.245. The fourth-order valence-electron chi connectivity index (χ4n) is 4.56. The molecule has 2 aliphatic heterocycles. The predicted molar refractivity (Wildman–Crippen MR) is 128 cm³/mol. The SMILES string of the molecule is CC(=O)c1sc(N2C(=O)C(=O)/C(=C(/O)c3ccc4c(c3)C[C@H](C)O4)[C@@H]2c2ccccc2F)nc1C. The van der Waals surface area contributed by atoms with Crippen LogP contribution in [0.2, 0.25) is 0 Å². The average Bonchev–Trinajstić information content (AvgIpc) is 3.46. The minimum Gasteiger partial charge on any atom is -0.507 e. The smallest absolute Gasteiger partial charge is 0.301 e. The second-order valence-corrected chi connectivity index (χ2v) is 9.59. The second kappa shape index (κ2) is 8.42. The second-order valence-electron chi connectivity index (χ2n) is 8.61. The highest BCUT2D eigenvalue weighted by atomic mass is 32.1. The Bertz CT molecular complexity index is 1440. The van der Waals surface area contributed by atoms with Crippen LogP contribution in [0.4, 0.5) is 9.52 Å². The number of hydrogen-bond donors (Lipinski definition) is 1. The van der Waals surface area contributed by atoms with Gasteiger partial charge in [-0.15, -0.1) is 0 Å². The van der Waals surface area contributed by atoms with Crippen molar-refractivity contribution in [3.05, 3.63) is 81.1 Å². The first-order chi connectivity index (χ1) is 16.7. The third-order valence-corrected chi connectivity index (χ3v) is 7.38. The largest absolute Gasteiger partial charge is 0.507 e. The van der Waals surface area contributed by atoms with E-state index in [1.54, 1.807) is 31.2 Å². The van der Waals surface area contributed by atoms with E-state index in [1.165, 1.54) is 25.1 Å². The number of thiazole rings is 1. The number of halogens is 1. The van der Waals surface area contributed by atoms with Crippen LogP contribution in [0.1, 0.15) is 51.9 Å². The Kier molecular flexibility index (Phi) is 5.52. The summed E-state index contributed by atoms with van der Waals surface area (Å²) in [6.45, 7) is 4.93. The van der Waals surface area contributed by atoms with E-state index in [1.807, 2.05) is 6.92 Å². The van der Waals surface area contributed by atoms with Crippen molar-refractivity contribution >= 4 is 39.7 Å². The summed E-state index contributed by atoms with van der Waals surface area (Å²) in [6.07, 6.45) is 0.614. The highest BCUT2D eigenvalue weighted by molar-refractivity contribution is 7.18. The van der Waals surface area contributed by atoms with Crippen LogP contribution in [-0.2, 0) is 16.0 Å². The van der Waals surface area contributed by atoms with Gasteiger partial charge in [0.1, 0.15) is 29.5 Å². The third-order valence-electron chi connectivity index (χ3n) is 6.12. The molecule has 5 rings (SSSR count). The molecule has 7 nitrogen and oxygen atoms in total. The van der Waals surface area contributed by atoms with E-state index >= 15 is 4.39 Å². The summed E-state index contributed by atoms with van der Waals surface area (Å²) in [4.78, 5) is 44.2. The molecule has 2 aliphatic rings. The zero-order valence-electron chi connectivity index (χ0n) is 19.2. The zero-order chi connectivity index (χ0) is 25.0. The van der Waals surface area contributed by atoms with Gasteiger partial charge >= 0.3 is 5.91 Å². The number of rotatable bonds is 4. The Morgan fingerprint density at radius 1 is 1.23 bits per heavy atom. The lowest BCUT2D eigenvalue weighted by atomic mass is 9.94. The van der Waals surface area contributed by atoms with Gasteiger partial charge in [0.2, 0.25) is 0 Å². The van der Waals surface area contributed by atoms with Crippen molar-refractivity contribution in [1.29, 1.82) is 0 Å². The lowest BCUT2D eigenvalue weighted by Gasteiger charge is -2.23. The van der Waals surface area contributed by atoms with Crippen molar-refractivity contribution in [2.75, 3.05) is 4.90 Å². The van der Waals surface area contributed by atoms with Gasteiger partial charge in [0.05, 0.1) is 16.1 Å². The predicted octanol–water partition coefficient (Wildman–Crippen LogP) is 4.74. The molecule has 3 heterocycles. The van der Waals surface area contributed by atoms with Gasteiger partial charge in [0.25, 0.3) is 5.78 Å². The number of carbonyl (C=O) groups is 3. The van der Waals surface area contributed by atoms with Gasteiger partial charge < -0.3 is 9.84 Å². The summed E-state index contributed by atoms with van der Waals surface area (Å²) in [6, 6.07) is 9.50. The minimum atomic E-state index is -1.26. The van der Waals surface area contributed by atoms with Gasteiger partial charge in [-0.3, -0.25) is 19.3 Å². The standard InChI is InChI=1S/C26H21FN2O5S/c1-12-10-16-11-15(8-9-19(16)34-12)22(31)20-21(17-6-4-5-7-18(17)27)29(25(33)23(20)32)26-28-13(2)24(35-26)14(3)30/h4-9,11-12,21,31H,10H2,1-3H3/b22-20+/t12-,21-/m0/s1. The van der Waals surface area contributed by atoms with Crippen LogP contribution in [0.3, 0.4) is 0 Å². The molecule has 0 spiro atoms. The van der Waals surface area contributed by atoms with Crippen LogP contribution in [0.25, 0.3) is 5.76 Å². The van der Waals surface area contributed by atoms with Crippen molar-refractivity contribution in [3.8, 4) is 5.75 Å². The number of aryl methyl sites for hydroxylation is 1. The number of carbonyl (C=O) groups excluding carboxylic acids is 3. The number of amides is 1. The lowest BCUT2D eigenvalue weighted by molar-refractivity contribution is -0.132. The summed E-state index contributed by atoms with van der Waals surface area (Å²) in [7, 11) is 0. The molecular formula is C26H21FN2O5S. The highest BCUT2D eigenvalue weighted by Gasteiger charge is 2.49. The van der Waals surface area contributed by atoms with Crippen LogP contribution in [0.15, 0.2) is 48.0 Å². The van der Waals surface area contributed by atoms with E-state index in [2.05, 4.69) is 4.98 Å². The molecule has 3 aromatic rings. The number of ether oxygens (including phenoxy) is 1. The molecule has 0 aliphatic carbocycles. The molecule has 1 saturated heterocycles. The van der Waals surface area contributed by atoms with Gasteiger partial charge in [-0.25, -0.2) is 9.37 Å². The van der Waals surface area contributed by atoms with Crippen LogP contribution >= 0.6 is 11.3 Å². The fourth-order valence-corrected chi connectivity index (χ4v) is 5.55. The number of aliphatic hydroxyl groups is 1. The molecule has 1 aromatic heterocycles. The molecule has 0 radical (unpaired) electrons. The first-order valence-electron chi connectivity index (χ1n) is 11.0. The minimum absolute atomic E-state index is 0.0185. The van der Waals surface area contributed by atoms with E-state index in [-0.39, 0.29) is 28.2 Å². The van der Waals surface area contributed by atoms with Gasteiger partial charge in [-0.2, -0.15) is 0 Å². The lowest BCUT2D eigenvalue weighted by Crippen LogP contribution is -2.29. The zero-order valence-corrected chi connectivity index (χ0v) is 20.0. The maximum absolute atomic E-state index is 15.0. The molecule has 0 saturated carbocycles. The Hall–Kier alpha value is -3.85. The molecule has 2 atom stereocenters. The van der Waals surface area contributed by atoms with Crippen LogP contribution in [0, 0.1) is 12.7 Å². The van der Waals surface area contributed by atoms with Crippen molar-refractivity contribution in [1.82, 2.24) is 4.98 Å². The number of nitrogens with zero attached hydrogens (tertiary/aromatic N) is 2. The third kappa shape index (κ3) is 3.72. The van der Waals surface area contributed by atoms with Gasteiger partial charge in [-0.1, -0.05) is 29.5 Å². The van der Waals surface area contributed by atoms with Gasteiger partial charge in [0.15, 0.2) is 10.9 Å². The first-order valence-corrected chi connectivity index (χ1v) is 11.8.